The van der Waals surface area contributed by atoms with Crippen LogP contribution < -0.4 is 5.32 Å². The van der Waals surface area contributed by atoms with Crippen molar-refractivity contribution >= 4 is 11.3 Å². The molecule has 1 aliphatic rings. The molecule has 1 atom stereocenters. The van der Waals surface area contributed by atoms with Gasteiger partial charge in [-0.2, -0.15) is 0 Å². The molecule has 16 heavy (non-hydrogen) atoms. The van der Waals surface area contributed by atoms with E-state index in [0.29, 0.717) is 11.3 Å². The van der Waals surface area contributed by atoms with Gasteiger partial charge in [-0.15, -0.1) is 11.3 Å². The minimum Gasteiger partial charge on any atom is -0.307 e. The van der Waals surface area contributed by atoms with Crippen LogP contribution in [0.15, 0.2) is 6.20 Å². The highest BCUT2D eigenvalue weighted by molar-refractivity contribution is 7.11. The van der Waals surface area contributed by atoms with E-state index in [2.05, 4.69) is 44.9 Å². The van der Waals surface area contributed by atoms with Crippen LogP contribution in [0.25, 0.3) is 0 Å². The van der Waals surface area contributed by atoms with Gasteiger partial charge in [0.15, 0.2) is 0 Å². The summed E-state index contributed by atoms with van der Waals surface area (Å²) in [5.41, 5.74) is 0.676. The van der Waals surface area contributed by atoms with Crippen LogP contribution in [0, 0.1) is 5.41 Å². The Bertz CT molecular complexity index is 374. The summed E-state index contributed by atoms with van der Waals surface area (Å²) >= 11 is 1.87. The highest BCUT2D eigenvalue weighted by atomic mass is 32.1. The molecule has 2 nitrogen and oxygen atoms in total. The summed E-state index contributed by atoms with van der Waals surface area (Å²) in [5.74, 6) is 0.709. The third-order valence-corrected chi connectivity index (χ3v) is 4.29. The number of thiazole rings is 1. The van der Waals surface area contributed by atoms with Crippen molar-refractivity contribution in [2.45, 2.75) is 59.0 Å². The monoisotopic (exact) mass is 238 g/mol. The molecule has 0 aromatic carbocycles. The molecule has 0 saturated heterocycles. The first-order valence-corrected chi connectivity index (χ1v) is 6.79. The first kappa shape index (κ1) is 12.1. The van der Waals surface area contributed by atoms with Gasteiger partial charge in [0.1, 0.15) is 0 Å². The van der Waals surface area contributed by atoms with Crippen LogP contribution in [0.5, 0.6) is 0 Å². The lowest BCUT2D eigenvalue weighted by molar-refractivity contribution is 0.426. The van der Waals surface area contributed by atoms with E-state index in [4.69, 9.17) is 0 Å². The lowest BCUT2D eigenvalue weighted by Crippen LogP contribution is -2.34. The summed E-state index contributed by atoms with van der Waals surface area (Å²) in [6.07, 6.45) is 3.33. The van der Waals surface area contributed by atoms with Gasteiger partial charge in [-0.25, -0.2) is 4.98 Å². The van der Waals surface area contributed by atoms with Crippen LogP contribution in [-0.2, 0) is 6.54 Å². The molecule has 1 aromatic heterocycles. The third kappa shape index (κ3) is 2.83. The Hall–Kier alpha value is -0.410. The molecule has 1 aromatic rings. The Morgan fingerprint density at radius 2 is 2.12 bits per heavy atom. The average molecular weight is 238 g/mol. The molecule has 1 N–H and O–H groups in total. The zero-order valence-corrected chi connectivity index (χ0v) is 11.7. The Morgan fingerprint density at radius 3 is 2.62 bits per heavy atom. The summed E-state index contributed by atoms with van der Waals surface area (Å²) in [5, 5.41) is 4.83. The summed E-state index contributed by atoms with van der Waals surface area (Å²) in [4.78, 5) is 5.91. The van der Waals surface area contributed by atoms with Gasteiger partial charge in [-0.3, -0.25) is 0 Å². The Morgan fingerprint density at radius 1 is 1.50 bits per heavy atom. The van der Waals surface area contributed by atoms with Crippen LogP contribution >= 0.6 is 11.3 Å². The molecule has 3 heteroatoms. The number of aromatic nitrogens is 1. The lowest BCUT2D eigenvalue weighted by Gasteiger charge is -2.19. The normalized spacial score (nSPS) is 23.4. The summed E-state index contributed by atoms with van der Waals surface area (Å²) in [6.45, 7) is 12.2. The number of hydrogen-bond donors (Lipinski definition) is 1. The number of hydrogen-bond acceptors (Lipinski definition) is 3. The predicted octanol–water partition coefficient (Wildman–Crippen LogP) is 3.54. The molecule has 0 radical (unpaired) electrons. The average Bonchev–Trinajstić information content (AvgIpc) is 2.62. The fraction of sp³-hybridized carbons (Fsp3) is 0.769. The van der Waals surface area contributed by atoms with Crippen molar-refractivity contribution in [3.63, 3.8) is 0 Å². The lowest BCUT2D eigenvalue weighted by atomic mass is 10.1. The van der Waals surface area contributed by atoms with E-state index in [0.717, 1.165) is 6.54 Å². The minimum absolute atomic E-state index is 0.184. The van der Waals surface area contributed by atoms with E-state index < -0.39 is 0 Å². The summed E-state index contributed by atoms with van der Waals surface area (Å²) < 4.78 is 0. The van der Waals surface area contributed by atoms with Crippen LogP contribution in [0.2, 0.25) is 0 Å². The second kappa shape index (κ2) is 3.81. The van der Waals surface area contributed by atoms with Gasteiger partial charge < -0.3 is 5.32 Å². The van der Waals surface area contributed by atoms with Crippen molar-refractivity contribution in [1.29, 1.82) is 0 Å². The van der Waals surface area contributed by atoms with Crippen molar-refractivity contribution < 1.29 is 0 Å². The van der Waals surface area contributed by atoms with Gasteiger partial charge in [-0.1, -0.05) is 13.8 Å². The largest absolute Gasteiger partial charge is 0.307 e. The van der Waals surface area contributed by atoms with Crippen molar-refractivity contribution in [2.24, 2.45) is 5.41 Å². The molecule has 1 fully saturated rings. The van der Waals surface area contributed by atoms with Crippen molar-refractivity contribution in [3.8, 4) is 0 Å². The molecule has 0 spiro atoms. The second-order valence-corrected chi connectivity index (χ2v) is 7.66. The fourth-order valence-electron chi connectivity index (χ4n) is 1.81. The van der Waals surface area contributed by atoms with Crippen LogP contribution in [-0.4, -0.2) is 10.5 Å². The summed E-state index contributed by atoms with van der Waals surface area (Å²) in [7, 11) is 0. The zero-order valence-electron chi connectivity index (χ0n) is 10.9. The van der Waals surface area contributed by atoms with Crippen LogP contribution in [0.3, 0.4) is 0 Å². The van der Waals surface area contributed by atoms with E-state index in [1.165, 1.54) is 16.3 Å². The number of nitrogens with zero attached hydrogens (tertiary/aromatic N) is 1. The Kier molecular flexibility index (Phi) is 2.87. The predicted molar refractivity (Wildman–Crippen MR) is 69.8 cm³/mol. The molecule has 0 bridgehead atoms. The maximum Gasteiger partial charge on any atom is 0.0964 e. The maximum atomic E-state index is 4.55. The third-order valence-electron chi connectivity index (χ3n) is 3.18. The molecule has 90 valence electrons. The standard InChI is InChI=1S/C13H22N2S/c1-12(2,3)15-8-9-7-14-11(16-9)10-6-13(10,4)5/h7,10,15H,6,8H2,1-5H3. The SMILES string of the molecule is CC(C)(C)NCc1cnc(C2CC2(C)C)s1. The smallest absolute Gasteiger partial charge is 0.0964 e. The Labute approximate surface area is 102 Å². The van der Waals surface area contributed by atoms with Gasteiger partial charge in [0.25, 0.3) is 0 Å². The molecular formula is C13H22N2S. The van der Waals surface area contributed by atoms with Crippen molar-refractivity contribution in [2.75, 3.05) is 0 Å². The number of rotatable bonds is 3. The topological polar surface area (TPSA) is 24.9 Å². The molecular weight excluding hydrogens is 216 g/mol. The van der Waals surface area contributed by atoms with Gasteiger partial charge in [0, 0.05) is 29.1 Å². The van der Waals surface area contributed by atoms with Gasteiger partial charge in [-0.05, 0) is 32.6 Å². The van der Waals surface area contributed by atoms with E-state index in [1.807, 2.05) is 17.5 Å². The van der Waals surface area contributed by atoms with E-state index in [-0.39, 0.29) is 5.54 Å². The summed E-state index contributed by atoms with van der Waals surface area (Å²) in [6, 6.07) is 0. The molecule has 1 heterocycles. The highest BCUT2D eigenvalue weighted by Crippen LogP contribution is 2.59. The molecule has 1 aliphatic carbocycles. The maximum absolute atomic E-state index is 4.55. The van der Waals surface area contributed by atoms with Crippen LogP contribution in [0.4, 0.5) is 0 Å². The number of nitrogens with one attached hydrogen (secondary N) is 1. The molecule has 2 rings (SSSR count). The first-order valence-electron chi connectivity index (χ1n) is 5.97. The van der Waals surface area contributed by atoms with E-state index >= 15 is 0 Å². The highest BCUT2D eigenvalue weighted by Gasteiger charge is 2.48. The van der Waals surface area contributed by atoms with Crippen LogP contribution in [0.1, 0.15) is 56.8 Å². The zero-order chi connectivity index (χ0) is 12.0. The quantitative estimate of drug-likeness (QED) is 0.871. The van der Waals surface area contributed by atoms with E-state index in [1.54, 1.807) is 0 Å². The molecule has 1 saturated carbocycles. The van der Waals surface area contributed by atoms with Crippen molar-refractivity contribution in [3.05, 3.63) is 16.1 Å². The molecule has 1 unspecified atom stereocenters. The fourth-order valence-corrected chi connectivity index (χ4v) is 2.97. The first-order chi connectivity index (χ1) is 7.28. The molecule has 0 amide bonds. The van der Waals surface area contributed by atoms with Gasteiger partial charge in [0.2, 0.25) is 0 Å². The second-order valence-electron chi connectivity index (χ2n) is 6.51. The van der Waals surface area contributed by atoms with Gasteiger partial charge >= 0.3 is 0 Å². The molecule has 0 aliphatic heterocycles. The van der Waals surface area contributed by atoms with E-state index in [9.17, 15) is 0 Å². The Balaban J connectivity index is 1.94. The van der Waals surface area contributed by atoms with Gasteiger partial charge in [0.05, 0.1) is 5.01 Å². The van der Waals surface area contributed by atoms with Crippen molar-refractivity contribution in [1.82, 2.24) is 10.3 Å². The minimum atomic E-state index is 0.184.